The third kappa shape index (κ3) is 4.40. The number of rotatable bonds is 5. The van der Waals surface area contributed by atoms with Gasteiger partial charge in [0.1, 0.15) is 6.54 Å². The first-order valence-electron chi connectivity index (χ1n) is 8.97. The van der Waals surface area contributed by atoms with Crippen LogP contribution in [0.5, 0.6) is 0 Å². The van der Waals surface area contributed by atoms with Gasteiger partial charge in [-0.2, -0.15) is 13.2 Å². The largest absolute Gasteiger partial charge is 0.416 e. The van der Waals surface area contributed by atoms with Crippen molar-refractivity contribution < 1.29 is 18.0 Å². The molecule has 0 unspecified atom stereocenters. The van der Waals surface area contributed by atoms with Gasteiger partial charge in [0, 0.05) is 18.1 Å². The van der Waals surface area contributed by atoms with Crippen LogP contribution in [0, 0.1) is 0 Å². The molecule has 0 aliphatic heterocycles. The van der Waals surface area contributed by atoms with Gasteiger partial charge in [-0.15, -0.1) is 0 Å². The molecular formula is C20H17ClF3N3O3. The number of alkyl halides is 3. The molecule has 1 amide bonds. The summed E-state index contributed by atoms with van der Waals surface area (Å²) in [6, 6.07) is 8.99. The molecule has 1 aromatic heterocycles. The first kappa shape index (κ1) is 21.6. The summed E-state index contributed by atoms with van der Waals surface area (Å²) in [5.74, 6) is -0.600. The third-order valence-electron chi connectivity index (χ3n) is 4.55. The monoisotopic (exact) mass is 439 g/mol. The Balaban J connectivity index is 1.88. The second-order valence-electron chi connectivity index (χ2n) is 6.55. The number of amides is 1. The van der Waals surface area contributed by atoms with E-state index >= 15 is 0 Å². The molecule has 3 aromatic rings. The van der Waals surface area contributed by atoms with Gasteiger partial charge < -0.3 is 5.32 Å². The molecule has 6 nitrogen and oxygen atoms in total. The zero-order valence-electron chi connectivity index (χ0n) is 15.8. The molecule has 0 spiro atoms. The SMILES string of the molecule is CCn1c(=O)c2ccc(Cl)cc2n(CC(=O)NCc2cccc(C(F)(F)F)c2)c1=O. The van der Waals surface area contributed by atoms with Crippen molar-refractivity contribution in [3.05, 3.63) is 79.5 Å². The van der Waals surface area contributed by atoms with Crippen molar-refractivity contribution in [3.63, 3.8) is 0 Å². The number of fused-ring (bicyclic) bond motifs is 1. The minimum atomic E-state index is -4.49. The van der Waals surface area contributed by atoms with Gasteiger partial charge in [-0.3, -0.25) is 18.7 Å². The molecule has 0 bridgehead atoms. The van der Waals surface area contributed by atoms with Gasteiger partial charge in [-0.25, -0.2) is 4.79 Å². The average molecular weight is 440 g/mol. The number of halogens is 4. The van der Waals surface area contributed by atoms with E-state index < -0.39 is 35.4 Å². The van der Waals surface area contributed by atoms with E-state index in [2.05, 4.69) is 5.32 Å². The fraction of sp³-hybridized carbons (Fsp3) is 0.250. The maximum absolute atomic E-state index is 12.8. The second kappa shape index (κ2) is 8.35. The van der Waals surface area contributed by atoms with Gasteiger partial charge in [0.05, 0.1) is 16.5 Å². The minimum absolute atomic E-state index is 0.113. The number of carbonyl (C=O) groups is 1. The molecule has 0 atom stereocenters. The Kier molecular flexibility index (Phi) is 6.02. The van der Waals surface area contributed by atoms with Gasteiger partial charge in [-0.05, 0) is 42.8 Å². The van der Waals surface area contributed by atoms with Crippen LogP contribution in [0.2, 0.25) is 5.02 Å². The Hall–Kier alpha value is -3.07. The van der Waals surface area contributed by atoms with Crippen LogP contribution in [0.25, 0.3) is 10.9 Å². The van der Waals surface area contributed by atoms with E-state index in [0.717, 1.165) is 21.3 Å². The van der Waals surface area contributed by atoms with Crippen LogP contribution in [-0.2, 0) is 30.6 Å². The van der Waals surface area contributed by atoms with Crippen LogP contribution >= 0.6 is 11.6 Å². The van der Waals surface area contributed by atoms with Crippen molar-refractivity contribution in [2.45, 2.75) is 32.7 Å². The Morgan fingerprint density at radius 3 is 2.50 bits per heavy atom. The second-order valence-corrected chi connectivity index (χ2v) is 6.99. The lowest BCUT2D eigenvalue weighted by Crippen LogP contribution is -2.42. The van der Waals surface area contributed by atoms with Crippen LogP contribution < -0.4 is 16.6 Å². The molecule has 0 aliphatic rings. The van der Waals surface area contributed by atoms with Crippen LogP contribution in [0.3, 0.4) is 0 Å². The van der Waals surface area contributed by atoms with Gasteiger partial charge in [-0.1, -0.05) is 23.7 Å². The molecule has 0 fully saturated rings. The highest BCUT2D eigenvalue weighted by atomic mass is 35.5. The maximum atomic E-state index is 12.8. The van der Waals surface area contributed by atoms with E-state index in [9.17, 15) is 27.6 Å². The average Bonchev–Trinajstić information content (AvgIpc) is 2.69. The molecule has 10 heteroatoms. The smallest absolute Gasteiger partial charge is 0.350 e. The van der Waals surface area contributed by atoms with Gasteiger partial charge >= 0.3 is 11.9 Å². The highest BCUT2D eigenvalue weighted by Crippen LogP contribution is 2.29. The van der Waals surface area contributed by atoms with Crippen LogP contribution in [0.4, 0.5) is 13.2 Å². The number of hydrogen-bond acceptors (Lipinski definition) is 3. The molecular weight excluding hydrogens is 423 g/mol. The third-order valence-corrected chi connectivity index (χ3v) is 4.78. The number of nitrogens with zero attached hydrogens (tertiary/aromatic N) is 2. The Labute approximate surface area is 173 Å². The van der Waals surface area contributed by atoms with E-state index in [1.807, 2.05) is 0 Å². The lowest BCUT2D eigenvalue weighted by molar-refractivity contribution is -0.137. The highest BCUT2D eigenvalue weighted by molar-refractivity contribution is 6.31. The van der Waals surface area contributed by atoms with Crippen molar-refractivity contribution in [1.29, 1.82) is 0 Å². The quantitative estimate of drug-likeness (QED) is 0.663. The van der Waals surface area contributed by atoms with Gasteiger partial charge in [0.2, 0.25) is 5.91 Å². The standard InChI is InChI=1S/C20H17ClF3N3O3/c1-2-26-18(29)15-7-6-14(21)9-16(15)27(19(26)30)11-17(28)25-10-12-4-3-5-13(8-12)20(22,23)24/h3-9H,2,10-11H2,1H3,(H,25,28). The van der Waals surface area contributed by atoms with Crippen LogP contribution in [0.1, 0.15) is 18.1 Å². The fourth-order valence-corrected chi connectivity index (χ4v) is 3.25. The zero-order chi connectivity index (χ0) is 22.1. The molecule has 0 radical (unpaired) electrons. The summed E-state index contributed by atoms with van der Waals surface area (Å²) >= 11 is 5.98. The summed E-state index contributed by atoms with van der Waals surface area (Å²) in [5.41, 5.74) is -1.52. The van der Waals surface area contributed by atoms with E-state index in [-0.39, 0.29) is 34.6 Å². The molecule has 2 aromatic carbocycles. The van der Waals surface area contributed by atoms with Crippen LogP contribution in [-0.4, -0.2) is 15.0 Å². The molecule has 3 rings (SSSR count). The Bertz CT molecular complexity index is 1230. The summed E-state index contributed by atoms with van der Waals surface area (Å²) in [6.45, 7) is 1.17. The van der Waals surface area contributed by atoms with Gasteiger partial charge in [0.25, 0.3) is 5.56 Å². The van der Waals surface area contributed by atoms with E-state index in [1.165, 1.54) is 30.3 Å². The fourth-order valence-electron chi connectivity index (χ4n) is 3.08. The number of benzene rings is 2. The first-order chi connectivity index (χ1) is 14.1. The molecule has 158 valence electrons. The maximum Gasteiger partial charge on any atom is 0.416 e. The summed E-state index contributed by atoms with van der Waals surface area (Å²) < 4.78 is 40.6. The van der Waals surface area contributed by atoms with E-state index in [0.29, 0.717) is 0 Å². The number of aromatic nitrogens is 2. The molecule has 1 N–H and O–H groups in total. The van der Waals surface area contributed by atoms with Crippen LogP contribution in [0.15, 0.2) is 52.1 Å². The topological polar surface area (TPSA) is 73.1 Å². The predicted octanol–water partition coefficient (Wildman–Crippen LogP) is 3.17. The Morgan fingerprint density at radius 2 is 1.83 bits per heavy atom. The molecule has 30 heavy (non-hydrogen) atoms. The molecule has 0 aliphatic carbocycles. The van der Waals surface area contributed by atoms with Crippen molar-refractivity contribution in [3.8, 4) is 0 Å². The van der Waals surface area contributed by atoms with E-state index in [1.54, 1.807) is 6.92 Å². The van der Waals surface area contributed by atoms with Gasteiger partial charge in [0.15, 0.2) is 0 Å². The number of carbonyl (C=O) groups excluding carboxylic acids is 1. The number of hydrogen-bond donors (Lipinski definition) is 1. The lowest BCUT2D eigenvalue weighted by Gasteiger charge is -2.14. The number of nitrogens with one attached hydrogen (secondary N) is 1. The summed E-state index contributed by atoms with van der Waals surface area (Å²) in [6.07, 6.45) is -4.49. The highest BCUT2D eigenvalue weighted by Gasteiger charge is 2.30. The zero-order valence-corrected chi connectivity index (χ0v) is 16.5. The summed E-state index contributed by atoms with van der Waals surface area (Å²) in [7, 11) is 0. The predicted molar refractivity (Wildman–Crippen MR) is 106 cm³/mol. The Morgan fingerprint density at radius 1 is 1.10 bits per heavy atom. The lowest BCUT2D eigenvalue weighted by atomic mass is 10.1. The van der Waals surface area contributed by atoms with Crippen molar-refractivity contribution in [2.24, 2.45) is 0 Å². The summed E-state index contributed by atoms with van der Waals surface area (Å²) in [5, 5.41) is 3.01. The molecule has 0 saturated carbocycles. The van der Waals surface area contributed by atoms with E-state index in [4.69, 9.17) is 11.6 Å². The normalized spacial score (nSPS) is 11.6. The van der Waals surface area contributed by atoms with Crippen molar-refractivity contribution >= 4 is 28.4 Å². The molecule has 0 saturated heterocycles. The van der Waals surface area contributed by atoms with Crippen molar-refractivity contribution in [1.82, 2.24) is 14.5 Å². The van der Waals surface area contributed by atoms with Crippen molar-refractivity contribution in [2.75, 3.05) is 0 Å². The minimum Gasteiger partial charge on any atom is -0.350 e. The first-order valence-corrected chi connectivity index (χ1v) is 9.35. The molecule has 1 heterocycles. The summed E-state index contributed by atoms with van der Waals surface area (Å²) in [4.78, 5) is 37.6.